The van der Waals surface area contributed by atoms with Crippen molar-refractivity contribution in [3.63, 3.8) is 0 Å². The molecule has 156 valence electrons. The van der Waals surface area contributed by atoms with Crippen LogP contribution in [0.5, 0.6) is 0 Å². The third-order valence-electron chi connectivity index (χ3n) is 5.11. The summed E-state index contributed by atoms with van der Waals surface area (Å²) in [5, 5.41) is 3.62. The van der Waals surface area contributed by atoms with Crippen LogP contribution in [0.15, 0.2) is 48.5 Å². The van der Waals surface area contributed by atoms with Gasteiger partial charge in [0.1, 0.15) is 5.82 Å². The first-order valence-corrected chi connectivity index (χ1v) is 11.6. The van der Waals surface area contributed by atoms with Gasteiger partial charge in [-0.25, -0.2) is 17.1 Å². The van der Waals surface area contributed by atoms with Crippen molar-refractivity contribution < 1.29 is 17.6 Å². The molecule has 0 atom stereocenters. The summed E-state index contributed by atoms with van der Waals surface area (Å²) in [7, 11) is -3.49. The number of halogens is 2. The molecule has 1 aliphatic heterocycles. The molecule has 3 rings (SSSR count). The molecule has 1 heterocycles. The Morgan fingerprint density at radius 1 is 1.03 bits per heavy atom. The lowest BCUT2D eigenvalue weighted by molar-refractivity contribution is -0.126. The van der Waals surface area contributed by atoms with Crippen molar-refractivity contribution in [2.24, 2.45) is 5.92 Å². The first-order valence-electron chi connectivity index (χ1n) is 9.58. The van der Waals surface area contributed by atoms with Gasteiger partial charge in [-0.3, -0.25) is 4.79 Å². The Balaban J connectivity index is 1.44. The third kappa shape index (κ3) is 6.26. The quantitative estimate of drug-likeness (QED) is 0.720. The van der Waals surface area contributed by atoms with E-state index in [9.17, 15) is 17.6 Å². The lowest BCUT2D eigenvalue weighted by Crippen LogP contribution is -2.43. The summed E-state index contributed by atoms with van der Waals surface area (Å²) >= 11 is 5.86. The number of amides is 1. The van der Waals surface area contributed by atoms with E-state index in [1.807, 2.05) is 24.3 Å². The molecule has 1 amide bonds. The molecule has 0 unspecified atom stereocenters. The highest BCUT2D eigenvalue weighted by Gasteiger charge is 2.31. The van der Waals surface area contributed by atoms with Crippen molar-refractivity contribution in [3.8, 4) is 0 Å². The van der Waals surface area contributed by atoms with E-state index >= 15 is 0 Å². The molecule has 2 aromatic carbocycles. The van der Waals surface area contributed by atoms with Crippen LogP contribution in [0.4, 0.5) is 4.39 Å². The fourth-order valence-electron chi connectivity index (χ4n) is 3.40. The van der Waals surface area contributed by atoms with Gasteiger partial charge in [0.15, 0.2) is 0 Å². The summed E-state index contributed by atoms with van der Waals surface area (Å²) in [6.07, 6.45) is 1.71. The van der Waals surface area contributed by atoms with Crippen molar-refractivity contribution in [1.82, 2.24) is 9.62 Å². The number of piperidine rings is 1. The molecule has 1 aliphatic rings. The second kappa shape index (κ2) is 9.69. The van der Waals surface area contributed by atoms with Gasteiger partial charge in [0.2, 0.25) is 15.9 Å². The van der Waals surface area contributed by atoms with Crippen LogP contribution >= 0.6 is 11.6 Å². The number of benzene rings is 2. The minimum Gasteiger partial charge on any atom is -0.356 e. The van der Waals surface area contributed by atoms with Crippen LogP contribution in [-0.4, -0.2) is 38.3 Å². The third-order valence-corrected chi connectivity index (χ3v) is 7.21. The fourth-order valence-corrected chi connectivity index (χ4v) is 5.09. The highest BCUT2D eigenvalue weighted by Crippen LogP contribution is 2.22. The summed E-state index contributed by atoms with van der Waals surface area (Å²) in [6, 6.07) is 13.0. The summed E-state index contributed by atoms with van der Waals surface area (Å²) < 4.78 is 39.6. The standard InChI is InChI=1S/C21H24ClFN2O3S/c22-19-5-1-16(2-6-19)9-12-24-21(26)18-10-13-25(14-11-18)29(27,28)15-17-3-7-20(23)8-4-17/h1-8,18H,9-15H2,(H,24,26). The number of hydrogen-bond donors (Lipinski definition) is 1. The first-order chi connectivity index (χ1) is 13.8. The van der Waals surface area contributed by atoms with Gasteiger partial charge in [0.25, 0.3) is 0 Å². The molecule has 1 saturated heterocycles. The molecule has 0 bridgehead atoms. The number of nitrogens with zero attached hydrogens (tertiary/aromatic N) is 1. The predicted molar refractivity (Wildman–Crippen MR) is 111 cm³/mol. The lowest BCUT2D eigenvalue weighted by Gasteiger charge is -2.30. The zero-order chi connectivity index (χ0) is 20.9. The molecular formula is C21H24ClFN2O3S. The highest BCUT2D eigenvalue weighted by molar-refractivity contribution is 7.88. The second-order valence-electron chi connectivity index (χ2n) is 7.22. The van der Waals surface area contributed by atoms with Crippen LogP contribution in [0.3, 0.4) is 0 Å². The van der Waals surface area contributed by atoms with Gasteiger partial charge in [-0.05, 0) is 54.7 Å². The van der Waals surface area contributed by atoms with Crippen molar-refractivity contribution in [2.45, 2.75) is 25.0 Å². The zero-order valence-corrected chi connectivity index (χ0v) is 17.6. The average Bonchev–Trinajstić information content (AvgIpc) is 2.71. The molecule has 8 heteroatoms. The van der Waals surface area contributed by atoms with Gasteiger partial charge in [-0.1, -0.05) is 35.9 Å². The average molecular weight is 439 g/mol. The van der Waals surface area contributed by atoms with Gasteiger partial charge >= 0.3 is 0 Å². The summed E-state index contributed by atoms with van der Waals surface area (Å²) in [4.78, 5) is 12.4. The Kier molecular flexibility index (Phi) is 7.27. The molecule has 0 aliphatic carbocycles. The van der Waals surface area contributed by atoms with E-state index in [0.29, 0.717) is 49.5 Å². The summed E-state index contributed by atoms with van der Waals surface area (Å²) in [5.74, 6) is -0.772. The number of carbonyl (C=O) groups excluding carboxylic acids is 1. The van der Waals surface area contributed by atoms with Crippen LogP contribution in [0, 0.1) is 11.7 Å². The Bertz CT molecular complexity index is 925. The highest BCUT2D eigenvalue weighted by atomic mass is 35.5. The van der Waals surface area contributed by atoms with E-state index in [-0.39, 0.29) is 17.6 Å². The number of hydrogen-bond acceptors (Lipinski definition) is 3. The zero-order valence-electron chi connectivity index (χ0n) is 16.0. The molecular weight excluding hydrogens is 415 g/mol. The number of sulfonamides is 1. The van der Waals surface area contributed by atoms with Gasteiger partial charge in [-0.2, -0.15) is 0 Å². The van der Waals surface area contributed by atoms with Crippen molar-refractivity contribution in [2.75, 3.05) is 19.6 Å². The van der Waals surface area contributed by atoms with E-state index < -0.39 is 15.8 Å². The Morgan fingerprint density at radius 2 is 1.62 bits per heavy atom. The minimum absolute atomic E-state index is 0.0328. The lowest BCUT2D eigenvalue weighted by atomic mass is 9.97. The van der Waals surface area contributed by atoms with Crippen LogP contribution in [0.25, 0.3) is 0 Å². The largest absolute Gasteiger partial charge is 0.356 e. The van der Waals surface area contributed by atoms with Crippen LogP contribution in [-0.2, 0) is 27.0 Å². The summed E-state index contributed by atoms with van der Waals surface area (Å²) in [6.45, 7) is 1.17. The molecule has 29 heavy (non-hydrogen) atoms. The van der Waals surface area contributed by atoms with Crippen molar-refractivity contribution in [3.05, 3.63) is 70.5 Å². The van der Waals surface area contributed by atoms with Gasteiger partial charge < -0.3 is 5.32 Å². The molecule has 1 N–H and O–H groups in total. The van der Waals surface area contributed by atoms with Crippen molar-refractivity contribution in [1.29, 1.82) is 0 Å². The maximum absolute atomic E-state index is 13.0. The topological polar surface area (TPSA) is 66.5 Å². The number of nitrogens with one attached hydrogen (secondary N) is 1. The SMILES string of the molecule is O=C(NCCc1ccc(Cl)cc1)C1CCN(S(=O)(=O)Cc2ccc(F)cc2)CC1. The number of carbonyl (C=O) groups is 1. The van der Waals surface area contributed by atoms with Gasteiger partial charge in [0.05, 0.1) is 5.75 Å². The second-order valence-corrected chi connectivity index (χ2v) is 9.63. The molecule has 1 fully saturated rings. The Labute approximate surface area is 175 Å². The Hall–Kier alpha value is -1.96. The van der Waals surface area contributed by atoms with E-state index in [1.165, 1.54) is 28.6 Å². The van der Waals surface area contributed by atoms with Crippen molar-refractivity contribution >= 4 is 27.5 Å². The Morgan fingerprint density at radius 3 is 2.24 bits per heavy atom. The smallest absolute Gasteiger partial charge is 0.223 e. The van der Waals surface area contributed by atoms with Gasteiger partial charge in [0, 0.05) is 30.6 Å². The maximum atomic E-state index is 13.0. The molecule has 5 nitrogen and oxygen atoms in total. The normalized spacial score (nSPS) is 15.9. The fraction of sp³-hybridized carbons (Fsp3) is 0.381. The molecule has 0 aromatic heterocycles. The van der Waals surface area contributed by atoms with E-state index in [2.05, 4.69) is 5.32 Å². The summed E-state index contributed by atoms with van der Waals surface area (Å²) in [5.41, 5.74) is 1.64. The first kappa shape index (κ1) is 21.7. The van der Waals surface area contributed by atoms with E-state index in [0.717, 1.165) is 5.56 Å². The molecule has 0 radical (unpaired) electrons. The predicted octanol–water partition coefficient (Wildman–Crippen LogP) is 3.38. The van der Waals surface area contributed by atoms with Crippen LogP contribution in [0.1, 0.15) is 24.0 Å². The molecule has 2 aromatic rings. The maximum Gasteiger partial charge on any atom is 0.223 e. The van der Waals surface area contributed by atoms with Gasteiger partial charge in [-0.15, -0.1) is 0 Å². The monoisotopic (exact) mass is 438 g/mol. The van der Waals surface area contributed by atoms with Crippen LogP contribution in [0.2, 0.25) is 5.02 Å². The molecule has 0 saturated carbocycles. The van der Waals surface area contributed by atoms with E-state index in [1.54, 1.807) is 0 Å². The van der Waals surface area contributed by atoms with E-state index in [4.69, 9.17) is 11.6 Å². The number of rotatable bonds is 7. The van der Waals surface area contributed by atoms with Crippen LogP contribution < -0.4 is 5.32 Å². The minimum atomic E-state index is -3.49. The molecule has 0 spiro atoms.